The lowest BCUT2D eigenvalue weighted by molar-refractivity contribution is -0.120. The number of nitrogens with one attached hydrogen (secondary N) is 1. The van der Waals surface area contributed by atoms with Crippen LogP contribution in [-0.2, 0) is 14.8 Å². The SMILES string of the molecule is CCOc1ccc(N(CC(=O)N[C@H](CC)c2ccc(OC)c(C)c2)S(=O)(=O)c2ccc(Br)cc2)cc1. The maximum atomic E-state index is 13.6. The minimum Gasteiger partial charge on any atom is -0.496 e. The van der Waals surface area contributed by atoms with E-state index in [9.17, 15) is 13.2 Å². The Morgan fingerprint density at radius 1 is 1.03 bits per heavy atom. The largest absolute Gasteiger partial charge is 0.496 e. The molecule has 9 heteroatoms. The zero-order chi connectivity index (χ0) is 26.3. The monoisotopic (exact) mass is 574 g/mol. The summed E-state index contributed by atoms with van der Waals surface area (Å²) in [4.78, 5) is 13.3. The predicted molar refractivity (Wildman–Crippen MR) is 145 cm³/mol. The highest BCUT2D eigenvalue weighted by Crippen LogP contribution is 2.28. The Balaban J connectivity index is 1.90. The maximum Gasteiger partial charge on any atom is 0.264 e. The lowest BCUT2D eigenvalue weighted by Gasteiger charge is -2.26. The summed E-state index contributed by atoms with van der Waals surface area (Å²) < 4.78 is 39.9. The van der Waals surface area contributed by atoms with Crippen LogP contribution in [0.3, 0.4) is 0 Å². The van der Waals surface area contributed by atoms with Crippen LogP contribution < -0.4 is 19.1 Å². The fourth-order valence-corrected chi connectivity index (χ4v) is 5.52. The molecule has 1 atom stereocenters. The van der Waals surface area contributed by atoms with Crippen LogP contribution in [-0.4, -0.2) is 34.6 Å². The van der Waals surface area contributed by atoms with Crippen molar-refractivity contribution in [2.24, 2.45) is 0 Å². The fraction of sp³-hybridized carbons (Fsp3) is 0.296. The first-order valence-electron chi connectivity index (χ1n) is 11.6. The Bertz CT molecular complexity index is 1280. The maximum absolute atomic E-state index is 13.6. The molecule has 3 aromatic rings. The number of amides is 1. The molecule has 1 N–H and O–H groups in total. The average Bonchev–Trinajstić information content (AvgIpc) is 2.87. The van der Waals surface area contributed by atoms with Gasteiger partial charge in [0.1, 0.15) is 18.0 Å². The predicted octanol–water partition coefficient (Wildman–Crippen LogP) is 5.63. The van der Waals surface area contributed by atoms with Gasteiger partial charge in [0.05, 0.1) is 30.3 Å². The quantitative estimate of drug-likeness (QED) is 0.321. The highest BCUT2D eigenvalue weighted by atomic mass is 79.9. The molecule has 0 saturated carbocycles. The smallest absolute Gasteiger partial charge is 0.264 e. The summed E-state index contributed by atoms with van der Waals surface area (Å²) in [6, 6.07) is 18.4. The van der Waals surface area contributed by atoms with Crippen LogP contribution >= 0.6 is 15.9 Å². The summed E-state index contributed by atoms with van der Waals surface area (Å²) in [5.74, 6) is 0.972. The van der Waals surface area contributed by atoms with E-state index in [0.29, 0.717) is 24.5 Å². The van der Waals surface area contributed by atoms with Crippen molar-refractivity contribution in [3.05, 3.63) is 82.3 Å². The number of hydrogen-bond acceptors (Lipinski definition) is 5. The van der Waals surface area contributed by atoms with Gasteiger partial charge in [0.15, 0.2) is 0 Å². The van der Waals surface area contributed by atoms with Gasteiger partial charge in [0.25, 0.3) is 10.0 Å². The second-order valence-electron chi connectivity index (χ2n) is 8.15. The highest BCUT2D eigenvalue weighted by molar-refractivity contribution is 9.10. The molecule has 3 rings (SSSR count). The third kappa shape index (κ3) is 6.59. The second kappa shape index (κ2) is 12.3. The normalized spacial score (nSPS) is 12.0. The molecular weight excluding hydrogens is 544 g/mol. The van der Waals surface area contributed by atoms with Crippen molar-refractivity contribution >= 4 is 37.5 Å². The van der Waals surface area contributed by atoms with E-state index in [2.05, 4.69) is 21.2 Å². The van der Waals surface area contributed by atoms with Gasteiger partial charge in [-0.3, -0.25) is 9.10 Å². The first kappa shape index (κ1) is 27.5. The number of methoxy groups -OCH3 is 1. The van der Waals surface area contributed by atoms with Crippen LogP contribution in [0.2, 0.25) is 0 Å². The minimum absolute atomic E-state index is 0.0882. The van der Waals surface area contributed by atoms with Crippen molar-refractivity contribution in [1.29, 1.82) is 0 Å². The third-order valence-corrected chi connectivity index (χ3v) is 8.01. The van der Waals surface area contributed by atoms with Crippen LogP contribution in [0.15, 0.2) is 76.1 Å². The molecular formula is C27H31BrN2O5S. The molecule has 0 aliphatic heterocycles. The molecule has 0 aliphatic rings. The number of nitrogens with zero attached hydrogens (tertiary/aromatic N) is 1. The van der Waals surface area contributed by atoms with E-state index in [0.717, 1.165) is 25.7 Å². The molecule has 0 aliphatic carbocycles. The van der Waals surface area contributed by atoms with Crippen LogP contribution in [0.4, 0.5) is 5.69 Å². The van der Waals surface area contributed by atoms with E-state index in [-0.39, 0.29) is 17.5 Å². The van der Waals surface area contributed by atoms with E-state index < -0.39 is 15.9 Å². The minimum atomic E-state index is -4.02. The second-order valence-corrected chi connectivity index (χ2v) is 10.9. The number of carbonyl (C=O) groups is 1. The number of sulfonamides is 1. The number of ether oxygens (including phenoxy) is 2. The Labute approximate surface area is 221 Å². The van der Waals surface area contributed by atoms with Gasteiger partial charge in [0, 0.05) is 4.47 Å². The van der Waals surface area contributed by atoms with Crippen molar-refractivity contribution in [2.45, 2.75) is 38.1 Å². The molecule has 192 valence electrons. The van der Waals surface area contributed by atoms with Gasteiger partial charge in [-0.05, 0) is 86.0 Å². The van der Waals surface area contributed by atoms with Crippen molar-refractivity contribution < 1.29 is 22.7 Å². The molecule has 7 nitrogen and oxygen atoms in total. The highest BCUT2D eigenvalue weighted by Gasteiger charge is 2.28. The van der Waals surface area contributed by atoms with E-state index in [1.807, 2.05) is 39.0 Å². The molecule has 0 unspecified atom stereocenters. The van der Waals surface area contributed by atoms with Crippen LogP contribution in [0, 0.1) is 6.92 Å². The van der Waals surface area contributed by atoms with Gasteiger partial charge in [-0.1, -0.05) is 35.0 Å². The fourth-order valence-electron chi connectivity index (χ4n) is 3.83. The Kier molecular flexibility index (Phi) is 9.39. The Morgan fingerprint density at radius 3 is 2.25 bits per heavy atom. The first-order chi connectivity index (χ1) is 17.2. The first-order valence-corrected chi connectivity index (χ1v) is 13.9. The Hall–Kier alpha value is -3.04. The topological polar surface area (TPSA) is 84.9 Å². The van der Waals surface area contributed by atoms with Gasteiger partial charge in [-0.2, -0.15) is 0 Å². The molecule has 36 heavy (non-hydrogen) atoms. The summed E-state index contributed by atoms with van der Waals surface area (Å²) >= 11 is 3.33. The summed E-state index contributed by atoms with van der Waals surface area (Å²) in [5.41, 5.74) is 2.24. The molecule has 0 spiro atoms. The molecule has 0 radical (unpaired) electrons. The van der Waals surface area contributed by atoms with Crippen LogP contribution in [0.5, 0.6) is 11.5 Å². The summed E-state index contributed by atoms with van der Waals surface area (Å²) in [6.07, 6.45) is 0.639. The van der Waals surface area contributed by atoms with Crippen molar-refractivity contribution in [2.75, 3.05) is 24.6 Å². The Morgan fingerprint density at radius 2 is 1.69 bits per heavy atom. The van der Waals surface area contributed by atoms with Crippen LogP contribution in [0.1, 0.15) is 37.4 Å². The number of carbonyl (C=O) groups excluding carboxylic acids is 1. The van der Waals surface area contributed by atoms with Gasteiger partial charge >= 0.3 is 0 Å². The molecule has 0 fully saturated rings. The molecule has 1 amide bonds. The number of hydrogen-bond donors (Lipinski definition) is 1. The van der Waals surface area contributed by atoms with E-state index in [1.54, 1.807) is 43.5 Å². The van der Waals surface area contributed by atoms with E-state index in [1.165, 1.54) is 12.1 Å². The third-order valence-electron chi connectivity index (χ3n) is 5.69. The van der Waals surface area contributed by atoms with Crippen molar-refractivity contribution in [3.63, 3.8) is 0 Å². The molecule has 3 aromatic carbocycles. The van der Waals surface area contributed by atoms with E-state index >= 15 is 0 Å². The van der Waals surface area contributed by atoms with Crippen molar-refractivity contribution in [1.82, 2.24) is 5.32 Å². The standard InChI is InChI=1S/C27H31BrN2O5S/c1-5-25(20-7-16-26(34-4)19(3)17-20)29-27(31)18-30(22-10-12-23(13-11-22)35-6-2)36(32,33)24-14-8-21(28)9-15-24/h7-17,25H,5-6,18H2,1-4H3,(H,29,31)/t25-/m1/s1. The number of halogens is 1. The average molecular weight is 576 g/mol. The van der Waals surface area contributed by atoms with Gasteiger partial charge in [0.2, 0.25) is 5.91 Å². The summed E-state index contributed by atoms with van der Waals surface area (Å²) in [5, 5.41) is 2.99. The van der Waals surface area contributed by atoms with Crippen LogP contribution in [0.25, 0.3) is 0 Å². The molecule has 0 heterocycles. The lowest BCUT2D eigenvalue weighted by Crippen LogP contribution is -2.42. The number of anilines is 1. The number of aryl methyl sites for hydroxylation is 1. The molecule has 0 saturated heterocycles. The zero-order valence-electron chi connectivity index (χ0n) is 20.8. The van der Waals surface area contributed by atoms with Gasteiger partial charge in [-0.25, -0.2) is 8.42 Å². The zero-order valence-corrected chi connectivity index (χ0v) is 23.2. The summed E-state index contributed by atoms with van der Waals surface area (Å²) in [6.45, 7) is 5.89. The van der Waals surface area contributed by atoms with Gasteiger partial charge < -0.3 is 14.8 Å². The molecule has 0 bridgehead atoms. The van der Waals surface area contributed by atoms with E-state index in [4.69, 9.17) is 9.47 Å². The van der Waals surface area contributed by atoms with Crippen molar-refractivity contribution in [3.8, 4) is 11.5 Å². The number of rotatable bonds is 11. The molecule has 0 aromatic heterocycles. The lowest BCUT2D eigenvalue weighted by atomic mass is 10.0. The number of benzene rings is 3. The van der Waals surface area contributed by atoms with Gasteiger partial charge in [-0.15, -0.1) is 0 Å². The summed E-state index contributed by atoms with van der Waals surface area (Å²) in [7, 11) is -2.41.